The van der Waals surface area contributed by atoms with Gasteiger partial charge < -0.3 is 16.2 Å². The van der Waals surface area contributed by atoms with E-state index >= 15 is 0 Å². The Morgan fingerprint density at radius 3 is 2.62 bits per heavy atom. The fraction of sp³-hybridized carbons (Fsp3) is 0.600. The van der Waals surface area contributed by atoms with Crippen LogP contribution in [0.2, 0.25) is 0 Å². The molecule has 2 atom stereocenters. The minimum absolute atomic E-state index is 0.00968. The predicted molar refractivity (Wildman–Crippen MR) is 101 cm³/mol. The summed E-state index contributed by atoms with van der Waals surface area (Å²) in [6.45, 7) is 4.21. The van der Waals surface area contributed by atoms with E-state index in [0.29, 0.717) is 24.2 Å². The lowest BCUT2D eigenvalue weighted by Crippen LogP contribution is -2.64. The normalized spacial score (nSPS) is 27.2. The Hall–Kier alpha value is -1.92. The summed E-state index contributed by atoms with van der Waals surface area (Å²) in [6.07, 6.45) is 4.19. The summed E-state index contributed by atoms with van der Waals surface area (Å²) in [4.78, 5) is 24.8. The van der Waals surface area contributed by atoms with E-state index < -0.39 is 6.09 Å². The molecule has 0 aromatic heterocycles. The maximum Gasteiger partial charge on any atom is 0.514 e. The molecule has 26 heavy (non-hydrogen) atoms. The second-order valence-corrected chi connectivity index (χ2v) is 7.55. The van der Waals surface area contributed by atoms with Crippen LogP contribution in [-0.4, -0.2) is 47.1 Å². The standard InChI is InChI=1S/C20H29N3O3/c1-2-19(24)16-13-14(6-7-17(16)21)18-5-3-4-12-23(18,20(25)26)15-8-10-22-11-9-15/h6-7,13,15,18,22H,2-5,8-12H2,1H3,(H2-,21,24,25,26)/p+1. The number of hydrogen-bond donors (Lipinski definition) is 3. The van der Waals surface area contributed by atoms with Crippen molar-refractivity contribution in [1.82, 2.24) is 5.32 Å². The van der Waals surface area contributed by atoms with Crippen molar-refractivity contribution >= 4 is 17.6 Å². The highest BCUT2D eigenvalue weighted by Gasteiger charge is 2.52. The van der Waals surface area contributed by atoms with E-state index in [4.69, 9.17) is 5.73 Å². The summed E-state index contributed by atoms with van der Waals surface area (Å²) in [5.41, 5.74) is 7.97. The van der Waals surface area contributed by atoms with Gasteiger partial charge in [0, 0.05) is 55.6 Å². The number of piperidine rings is 2. The molecule has 2 aliphatic rings. The predicted octanol–water partition coefficient (Wildman–Crippen LogP) is 3.33. The summed E-state index contributed by atoms with van der Waals surface area (Å²) in [5.74, 6) is 0.00968. The van der Waals surface area contributed by atoms with Crippen LogP contribution in [0.4, 0.5) is 10.5 Å². The Morgan fingerprint density at radius 2 is 1.96 bits per heavy atom. The van der Waals surface area contributed by atoms with Crippen molar-refractivity contribution < 1.29 is 19.2 Å². The van der Waals surface area contributed by atoms with E-state index in [0.717, 1.165) is 50.8 Å². The molecular weight excluding hydrogens is 330 g/mol. The monoisotopic (exact) mass is 360 g/mol. The van der Waals surface area contributed by atoms with Crippen LogP contribution in [0.5, 0.6) is 0 Å². The molecule has 2 saturated heterocycles. The van der Waals surface area contributed by atoms with Crippen LogP contribution in [0, 0.1) is 0 Å². The minimum Gasteiger partial charge on any atom is -0.435 e. The molecule has 6 heteroatoms. The van der Waals surface area contributed by atoms with Crippen molar-refractivity contribution in [1.29, 1.82) is 0 Å². The molecule has 142 valence electrons. The molecule has 0 spiro atoms. The maximum atomic E-state index is 12.6. The van der Waals surface area contributed by atoms with E-state index in [1.54, 1.807) is 6.07 Å². The molecule has 1 aromatic rings. The molecular formula is C20H30N3O3+. The van der Waals surface area contributed by atoms with Gasteiger partial charge in [-0.25, -0.2) is 4.48 Å². The Balaban J connectivity index is 2.05. The van der Waals surface area contributed by atoms with Gasteiger partial charge in [-0.3, -0.25) is 4.79 Å². The van der Waals surface area contributed by atoms with Gasteiger partial charge in [-0.15, -0.1) is 0 Å². The van der Waals surface area contributed by atoms with E-state index in [9.17, 15) is 14.7 Å². The molecule has 1 amide bonds. The van der Waals surface area contributed by atoms with Crippen molar-refractivity contribution in [3.8, 4) is 0 Å². The lowest BCUT2D eigenvalue weighted by molar-refractivity contribution is -0.918. The number of nitrogens with one attached hydrogen (secondary N) is 1. The summed E-state index contributed by atoms with van der Waals surface area (Å²) in [6, 6.07) is 5.55. The van der Waals surface area contributed by atoms with Gasteiger partial charge in [-0.1, -0.05) is 13.0 Å². The molecule has 1 aromatic carbocycles. The number of likely N-dealkylation sites (tertiary alicyclic amines) is 1. The number of amides is 1. The molecule has 2 unspecified atom stereocenters. The van der Waals surface area contributed by atoms with Gasteiger partial charge in [-0.2, -0.15) is 4.79 Å². The maximum absolute atomic E-state index is 12.6. The van der Waals surface area contributed by atoms with Crippen LogP contribution >= 0.6 is 0 Å². The van der Waals surface area contributed by atoms with Crippen molar-refractivity contribution in [2.75, 3.05) is 25.4 Å². The first-order valence-corrected chi connectivity index (χ1v) is 9.75. The first kappa shape index (κ1) is 18.9. The van der Waals surface area contributed by atoms with E-state index in [1.165, 1.54) is 0 Å². The van der Waals surface area contributed by atoms with Crippen LogP contribution in [-0.2, 0) is 0 Å². The van der Waals surface area contributed by atoms with Gasteiger partial charge in [-0.05, 0) is 25.0 Å². The lowest BCUT2D eigenvalue weighted by atomic mass is 9.86. The Morgan fingerprint density at radius 1 is 1.23 bits per heavy atom. The summed E-state index contributed by atoms with van der Waals surface area (Å²) in [7, 11) is 0. The third-order valence-corrected chi connectivity index (χ3v) is 6.21. The van der Waals surface area contributed by atoms with Crippen molar-refractivity contribution in [2.24, 2.45) is 0 Å². The fourth-order valence-electron chi connectivity index (χ4n) is 4.83. The Labute approximate surface area is 155 Å². The number of Topliss-reactive ketones (excluding diaryl/α,β-unsaturated/α-hetero) is 1. The number of carbonyl (C=O) groups excluding carboxylic acids is 1. The zero-order valence-corrected chi connectivity index (χ0v) is 15.5. The Kier molecular flexibility index (Phi) is 5.63. The number of nitrogens with two attached hydrogens (primary N) is 1. The fourth-order valence-corrected chi connectivity index (χ4v) is 4.83. The smallest absolute Gasteiger partial charge is 0.435 e. The number of nitrogen functional groups attached to an aromatic ring is 1. The summed E-state index contributed by atoms with van der Waals surface area (Å²) in [5, 5.41) is 13.7. The van der Waals surface area contributed by atoms with E-state index in [-0.39, 0.29) is 22.3 Å². The number of carboxylic acid groups (broad SMARTS) is 1. The molecule has 2 heterocycles. The van der Waals surface area contributed by atoms with Gasteiger partial charge in [0.05, 0.1) is 6.54 Å². The summed E-state index contributed by atoms with van der Waals surface area (Å²) >= 11 is 0. The number of hydrogen-bond acceptors (Lipinski definition) is 4. The van der Waals surface area contributed by atoms with Crippen LogP contribution in [0.3, 0.4) is 0 Å². The first-order chi connectivity index (χ1) is 12.5. The molecule has 6 nitrogen and oxygen atoms in total. The minimum atomic E-state index is -0.734. The second-order valence-electron chi connectivity index (χ2n) is 7.55. The lowest BCUT2D eigenvalue weighted by Gasteiger charge is -2.49. The number of anilines is 1. The van der Waals surface area contributed by atoms with Gasteiger partial charge in [0.2, 0.25) is 0 Å². The zero-order chi connectivity index (χ0) is 18.7. The van der Waals surface area contributed by atoms with E-state index in [1.807, 2.05) is 19.1 Å². The van der Waals surface area contributed by atoms with Crippen LogP contribution in [0.1, 0.15) is 67.4 Å². The number of quaternary nitrogens is 1. The number of rotatable bonds is 4. The van der Waals surface area contributed by atoms with Crippen LogP contribution in [0.15, 0.2) is 18.2 Å². The highest BCUT2D eigenvalue weighted by molar-refractivity contribution is 6.00. The number of benzene rings is 1. The van der Waals surface area contributed by atoms with Crippen molar-refractivity contribution in [2.45, 2.75) is 57.5 Å². The molecule has 4 N–H and O–H groups in total. The average Bonchev–Trinajstić information content (AvgIpc) is 2.68. The quantitative estimate of drug-likeness (QED) is 0.435. The number of nitrogens with zero attached hydrogens (tertiary/aromatic N) is 1. The largest absolute Gasteiger partial charge is 0.514 e. The molecule has 0 saturated carbocycles. The van der Waals surface area contributed by atoms with Gasteiger partial charge in [0.25, 0.3) is 0 Å². The van der Waals surface area contributed by atoms with Gasteiger partial charge in [0.1, 0.15) is 12.1 Å². The zero-order valence-electron chi connectivity index (χ0n) is 15.5. The number of carbonyl (C=O) groups is 2. The summed E-state index contributed by atoms with van der Waals surface area (Å²) < 4.78 is 0.103. The van der Waals surface area contributed by atoms with Crippen molar-refractivity contribution in [3.63, 3.8) is 0 Å². The Bertz CT molecular complexity index is 685. The molecule has 3 rings (SSSR count). The van der Waals surface area contributed by atoms with Crippen molar-refractivity contribution in [3.05, 3.63) is 29.3 Å². The van der Waals surface area contributed by atoms with Gasteiger partial charge >= 0.3 is 6.09 Å². The topological polar surface area (TPSA) is 92.4 Å². The molecule has 2 aliphatic heterocycles. The molecule has 2 fully saturated rings. The third-order valence-electron chi connectivity index (χ3n) is 6.21. The SMILES string of the molecule is CCC(=O)c1cc(C2CCCC[N+]2(C(=O)O)C2CCNCC2)ccc1N. The molecule has 0 bridgehead atoms. The average molecular weight is 360 g/mol. The third kappa shape index (κ3) is 3.23. The molecule has 0 radical (unpaired) electrons. The van der Waals surface area contributed by atoms with E-state index in [2.05, 4.69) is 5.32 Å². The first-order valence-electron chi connectivity index (χ1n) is 9.75. The second kappa shape index (κ2) is 7.76. The van der Waals surface area contributed by atoms with Crippen LogP contribution < -0.4 is 11.1 Å². The van der Waals surface area contributed by atoms with Gasteiger partial charge in [0.15, 0.2) is 5.78 Å². The highest BCUT2D eigenvalue weighted by atomic mass is 16.4. The molecule has 0 aliphatic carbocycles. The number of ketones is 1. The highest BCUT2D eigenvalue weighted by Crippen LogP contribution is 2.43. The van der Waals surface area contributed by atoms with Crippen LogP contribution in [0.25, 0.3) is 0 Å².